The van der Waals surface area contributed by atoms with E-state index in [9.17, 15) is 14.4 Å². The predicted molar refractivity (Wildman–Crippen MR) is 77.2 cm³/mol. The van der Waals surface area contributed by atoms with Crippen molar-refractivity contribution >= 4 is 17.5 Å². The Bertz CT molecular complexity index is 526. The molecule has 0 saturated carbocycles. The van der Waals surface area contributed by atoms with E-state index < -0.39 is 5.97 Å². The van der Waals surface area contributed by atoms with E-state index in [-0.39, 0.29) is 30.4 Å². The third-order valence-corrected chi connectivity index (χ3v) is 3.78. The number of hydrogen-bond donors (Lipinski definition) is 1. The Morgan fingerprint density at radius 2 is 1.95 bits per heavy atom. The fourth-order valence-electron chi connectivity index (χ4n) is 2.59. The second-order valence-electron chi connectivity index (χ2n) is 5.37. The first-order valence-corrected chi connectivity index (χ1v) is 7.11. The molecule has 1 heterocycles. The van der Waals surface area contributed by atoms with Gasteiger partial charge in [-0.1, -0.05) is 30.3 Å². The number of rotatable bonds is 6. The molecule has 112 valence electrons. The third kappa shape index (κ3) is 4.49. The molecule has 1 aliphatic heterocycles. The maximum atomic E-state index is 12.1. The average Bonchev–Trinajstić information content (AvgIpc) is 2.48. The molecule has 1 aliphatic rings. The summed E-state index contributed by atoms with van der Waals surface area (Å²) in [7, 11) is 0. The lowest BCUT2D eigenvalue weighted by atomic mass is 9.91. The number of nitrogens with zero attached hydrogens (tertiary/aromatic N) is 1. The first kappa shape index (κ1) is 15.4. The van der Waals surface area contributed by atoms with Crippen molar-refractivity contribution in [2.75, 3.05) is 19.6 Å². The van der Waals surface area contributed by atoms with Gasteiger partial charge in [0.2, 0.25) is 0 Å². The summed E-state index contributed by atoms with van der Waals surface area (Å²) in [6.07, 6.45) is 0.743. The van der Waals surface area contributed by atoms with Gasteiger partial charge >= 0.3 is 5.97 Å². The van der Waals surface area contributed by atoms with Gasteiger partial charge in [0.05, 0.1) is 6.54 Å². The Morgan fingerprint density at radius 3 is 2.62 bits per heavy atom. The van der Waals surface area contributed by atoms with Crippen molar-refractivity contribution in [1.82, 2.24) is 4.90 Å². The molecule has 21 heavy (non-hydrogen) atoms. The van der Waals surface area contributed by atoms with Gasteiger partial charge < -0.3 is 5.11 Å². The highest BCUT2D eigenvalue weighted by Gasteiger charge is 2.28. The van der Waals surface area contributed by atoms with Crippen LogP contribution < -0.4 is 0 Å². The second kappa shape index (κ2) is 7.13. The fraction of sp³-hybridized carbons (Fsp3) is 0.438. The lowest BCUT2D eigenvalue weighted by molar-refractivity contribution is -0.137. The van der Waals surface area contributed by atoms with Crippen molar-refractivity contribution in [3.8, 4) is 0 Å². The minimum atomic E-state index is -0.889. The number of aliphatic carboxylic acids is 1. The number of carbonyl (C=O) groups excluding carboxylic acids is 2. The zero-order valence-corrected chi connectivity index (χ0v) is 11.8. The molecule has 0 spiro atoms. The summed E-state index contributed by atoms with van der Waals surface area (Å²) < 4.78 is 0. The first-order valence-electron chi connectivity index (χ1n) is 7.11. The lowest BCUT2D eigenvalue weighted by Crippen LogP contribution is -2.43. The zero-order valence-electron chi connectivity index (χ0n) is 11.8. The van der Waals surface area contributed by atoms with Crippen LogP contribution >= 0.6 is 0 Å². The van der Waals surface area contributed by atoms with Crippen LogP contribution in [0.15, 0.2) is 30.3 Å². The molecule has 1 fully saturated rings. The third-order valence-electron chi connectivity index (χ3n) is 3.78. The smallest absolute Gasteiger partial charge is 0.303 e. The van der Waals surface area contributed by atoms with Gasteiger partial charge in [-0.05, 0) is 6.42 Å². The maximum absolute atomic E-state index is 12.1. The van der Waals surface area contributed by atoms with Crippen LogP contribution in [0.2, 0.25) is 0 Å². The van der Waals surface area contributed by atoms with E-state index in [2.05, 4.69) is 0 Å². The summed E-state index contributed by atoms with van der Waals surface area (Å²) >= 11 is 0. The molecule has 5 heteroatoms. The van der Waals surface area contributed by atoms with Crippen molar-refractivity contribution in [1.29, 1.82) is 0 Å². The molecule has 0 bridgehead atoms. The van der Waals surface area contributed by atoms with E-state index in [1.165, 1.54) is 0 Å². The van der Waals surface area contributed by atoms with Gasteiger partial charge in [-0.25, -0.2) is 0 Å². The summed E-state index contributed by atoms with van der Waals surface area (Å²) in [6.45, 7) is 1.33. The Labute approximate surface area is 123 Å². The number of likely N-dealkylation sites (tertiary alicyclic amines) is 1. The van der Waals surface area contributed by atoms with Gasteiger partial charge in [0.25, 0.3) is 0 Å². The second-order valence-corrected chi connectivity index (χ2v) is 5.37. The van der Waals surface area contributed by atoms with Crippen LogP contribution in [0.5, 0.6) is 0 Å². The quantitative estimate of drug-likeness (QED) is 0.806. The van der Waals surface area contributed by atoms with Gasteiger partial charge in [-0.15, -0.1) is 0 Å². The normalized spacial score (nSPS) is 19.4. The van der Waals surface area contributed by atoms with Gasteiger partial charge in [0, 0.05) is 37.4 Å². The number of carboxylic acid groups (broad SMARTS) is 1. The van der Waals surface area contributed by atoms with Gasteiger partial charge in [0.1, 0.15) is 5.78 Å². The molecule has 1 aromatic carbocycles. The van der Waals surface area contributed by atoms with E-state index in [0.29, 0.717) is 31.5 Å². The van der Waals surface area contributed by atoms with Gasteiger partial charge in [-0.2, -0.15) is 0 Å². The number of hydrogen-bond acceptors (Lipinski definition) is 4. The molecule has 1 atom stereocenters. The van der Waals surface area contributed by atoms with Gasteiger partial charge in [-0.3, -0.25) is 19.3 Å². The maximum Gasteiger partial charge on any atom is 0.303 e. The summed E-state index contributed by atoms with van der Waals surface area (Å²) in [5.74, 6) is -1.01. The molecular formula is C16H19NO4. The summed E-state index contributed by atoms with van der Waals surface area (Å²) in [5, 5.41) is 8.71. The van der Waals surface area contributed by atoms with Crippen LogP contribution in [0, 0.1) is 5.92 Å². The highest BCUT2D eigenvalue weighted by atomic mass is 16.4. The number of Topliss-reactive ketones (excluding diaryl/α,β-unsaturated/α-hetero) is 2. The molecular weight excluding hydrogens is 270 g/mol. The summed E-state index contributed by atoms with van der Waals surface area (Å²) in [6, 6.07) is 9.06. The minimum absolute atomic E-state index is 0.00310. The minimum Gasteiger partial charge on any atom is -0.481 e. The highest BCUT2D eigenvalue weighted by Crippen LogP contribution is 2.18. The van der Waals surface area contributed by atoms with Crippen molar-refractivity contribution in [2.24, 2.45) is 5.92 Å². The van der Waals surface area contributed by atoms with Crippen LogP contribution in [0.3, 0.4) is 0 Å². The van der Waals surface area contributed by atoms with E-state index in [1.807, 2.05) is 23.1 Å². The van der Waals surface area contributed by atoms with E-state index in [0.717, 1.165) is 0 Å². The molecule has 5 nitrogen and oxygen atoms in total. The molecule has 0 amide bonds. The number of benzene rings is 1. The van der Waals surface area contributed by atoms with Crippen LogP contribution in [0.25, 0.3) is 0 Å². The molecule has 0 aromatic heterocycles. The number of carbonyl (C=O) groups is 3. The first-order chi connectivity index (χ1) is 10.1. The van der Waals surface area contributed by atoms with Crippen molar-refractivity contribution in [3.63, 3.8) is 0 Å². The summed E-state index contributed by atoms with van der Waals surface area (Å²) in [5.41, 5.74) is 0.663. The molecule has 1 N–H and O–H groups in total. The molecule has 1 unspecified atom stereocenters. The molecule has 2 rings (SSSR count). The topological polar surface area (TPSA) is 74.7 Å². The Hall–Kier alpha value is -2.01. The van der Waals surface area contributed by atoms with E-state index in [1.54, 1.807) is 12.1 Å². The van der Waals surface area contributed by atoms with E-state index in [4.69, 9.17) is 5.11 Å². The van der Waals surface area contributed by atoms with Crippen LogP contribution in [0.4, 0.5) is 0 Å². The Balaban J connectivity index is 1.90. The monoisotopic (exact) mass is 289 g/mol. The van der Waals surface area contributed by atoms with Crippen LogP contribution in [-0.2, 0) is 9.59 Å². The van der Waals surface area contributed by atoms with Gasteiger partial charge in [0.15, 0.2) is 5.78 Å². The molecule has 1 aromatic rings. The predicted octanol–water partition coefficient (Wildman–Crippen LogP) is 1.63. The van der Waals surface area contributed by atoms with Crippen LogP contribution in [-0.4, -0.2) is 47.2 Å². The Kier molecular flexibility index (Phi) is 5.22. The lowest BCUT2D eigenvalue weighted by Gasteiger charge is -2.31. The van der Waals surface area contributed by atoms with Crippen molar-refractivity contribution in [2.45, 2.75) is 19.3 Å². The highest BCUT2D eigenvalue weighted by molar-refractivity contribution is 5.97. The number of ketones is 2. The molecule has 1 saturated heterocycles. The molecule has 0 aliphatic carbocycles. The van der Waals surface area contributed by atoms with Crippen molar-refractivity contribution < 1.29 is 19.5 Å². The zero-order chi connectivity index (χ0) is 15.2. The van der Waals surface area contributed by atoms with E-state index >= 15 is 0 Å². The van der Waals surface area contributed by atoms with Crippen molar-refractivity contribution in [3.05, 3.63) is 35.9 Å². The number of carboxylic acids is 1. The fourth-order valence-corrected chi connectivity index (χ4v) is 2.59. The standard InChI is InChI=1S/C16H19NO4/c18-14-8-9-17(10-13(14)6-7-16(20)21)11-15(19)12-4-2-1-3-5-12/h1-5,13H,6-11H2,(H,20,21). The summed E-state index contributed by atoms with van der Waals surface area (Å²) in [4.78, 5) is 36.5. The largest absolute Gasteiger partial charge is 0.481 e. The average molecular weight is 289 g/mol. The molecule has 0 radical (unpaired) electrons. The Morgan fingerprint density at radius 1 is 1.24 bits per heavy atom. The number of piperidine rings is 1. The van der Waals surface area contributed by atoms with Crippen LogP contribution in [0.1, 0.15) is 29.6 Å². The SMILES string of the molecule is O=C(O)CCC1CN(CC(=O)c2ccccc2)CCC1=O.